The highest BCUT2D eigenvalue weighted by molar-refractivity contribution is 5.99. The molecule has 2 aliphatic rings. The first kappa shape index (κ1) is 17.7. The van der Waals surface area contributed by atoms with Crippen molar-refractivity contribution < 1.29 is 18.7 Å². The lowest BCUT2D eigenvalue weighted by molar-refractivity contribution is -0.117. The molecular weight excluding hydrogens is 347 g/mol. The molecule has 0 radical (unpaired) electrons. The van der Waals surface area contributed by atoms with Gasteiger partial charge in [0.1, 0.15) is 11.9 Å². The van der Waals surface area contributed by atoms with Crippen LogP contribution in [0.25, 0.3) is 0 Å². The van der Waals surface area contributed by atoms with Gasteiger partial charge in [-0.25, -0.2) is 4.39 Å². The Hall–Kier alpha value is -2.73. The predicted molar refractivity (Wildman–Crippen MR) is 99.0 cm³/mol. The van der Waals surface area contributed by atoms with Gasteiger partial charge < -0.3 is 14.5 Å². The Morgan fingerprint density at radius 1 is 1.11 bits per heavy atom. The van der Waals surface area contributed by atoms with Crippen LogP contribution >= 0.6 is 0 Å². The van der Waals surface area contributed by atoms with Gasteiger partial charge in [-0.2, -0.15) is 0 Å². The Labute approximate surface area is 157 Å². The number of amides is 2. The third-order valence-corrected chi connectivity index (χ3v) is 5.07. The van der Waals surface area contributed by atoms with Gasteiger partial charge in [0, 0.05) is 30.8 Å². The zero-order chi connectivity index (χ0) is 18.8. The summed E-state index contributed by atoms with van der Waals surface area (Å²) < 4.78 is 18.9. The van der Waals surface area contributed by atoms with Gasteiger partial charge in [0.15, 0.2) is 0 Å². The molecule has 2 aromatic rings. The zero-order valence-corrected chi connectivity index (χ0v) is 14.9. The second kappa shape index (κ2) is 7.48. The Morgan fingerprint density at radius 3 is 2.67 bits per heavy atom. The fraction of sp³-hybridized carbons (Fsp3) is 0.333. The van der Waals surface area contributed by atoms with Gasteiger partial charge in [-0.3, -0.25) is 9.59 Å². The van der Waals surface area contributed by atoms with Crippen LogP contribution in [0, 0.1) is 5.82 Å². The summed E-state index contributed by atoms with van der Waals surface area (Å²) in [5.41, 5.74) is 2.18. The molecule has 0 spiro atoms. The number of anilines is 1. The molecule has 140 valence electrons. The summed E-state index contributed by atoms with van der Waals surface area (Å²) in [7, 11) is 0. The van der Waals surface area contributed by atoms with E-state index in [9.17, 15) is 14.0 Å². The molecule has 0 bridgehead atoms. The molecule has 2 heterocycles. The van der Waals surface area contributed by atoms with E-state index < -0.39 is 0 Å². The lowest BCUT2D eigenvalue weighted by Gasteiger charge is -2.33. The highest BCUT2D eigenvalue weighted by atomic mass is 19.1. The molecule has 0 N–H and O–H groups in total. The van der Waals surface area contributed by atoms with E-state index in [-0.39, 0.29) is 23.7 Å². The molecule has 5 nitrogen and oxygen atoms in total. The van der Waals surface area contributed by atoms with E-state index in [0.29, 0.717) is 38.2 Å². The van der Waals surface area contributed by atoms with E-state index in [1.807, 2.05) is 12.1 Å². The average Bonchev–Trinajstić information content (AvgIpc) is 3.14. The highest BCUT2D eigenvalue weighted by Gasteiger charge is 2.27. The van der Waals surface area contributed by atoms with Crippen molar-refractivity contribution in [1.82, 2.24) is 4.90 Å². The summed E-state index contributed by atoms with van der Waals surface area (Å²) in [5.74, 6) is -0.281. The third-order valence-electron chi connectivity index (χ3n) is 5.07. The monoisotopic (exact) mass is 368 g/mol. The topological polar surface area (TPSA) is 49.9 Å². The Morgan fingerprint density at radius 2 is 1.93 bits per heavy atom. The van der Waals surface area contributed by atoms with Crippen molar-refractivity contribution in [1.29, 1.82) is 0 Å². The third kappa shape index (κ3) is 3.71. The SMILES string of the molecule is O=C(c1cccc(N2CCCC2=O)c1)N1CCOC(c2ccc(F)cc2)C1. The van der Waals surface area contributed by atoms with Crippen LogP contribution < -0.4 is 4.90 Å². The van der Waals surface area contributed by atoms with E-state index in [2.05, 4.69) is 0 Å². The molecule has 0 aromatic heterocycles. The predicted octanol–water partition coefficient (Wildman–Crippen LogP) is 3.17. The van der Waals surface area contributed by atoms with Crippen molar-refractivity contribution in [2.45, 2.75) is 18.9 Å². The lowest BCUT2D eigenvalue weighted by atomic mass is 10.1. The molecule has 6 heteroatoms. The standard InChI is InChI=1S/C21H21FN2O3/c22-17-8-6-15(7-9-17)19-14-23(11-12-27-19)21(26)16-3-1-4-18(13-16)24-10-2-5-20(24)25/h1,3-4,6-9,13,19H,2,5,10-12,14H2. The molecule has 0 saturated carbocycles. The van der Waals surface area contributed by atoms with Gasteiger partial charge in [-0.05, 0) is 42.3 Å². The second-order valence-electron chi connectivity index (χ2n) is 6.86. The molecule has 2 saturated heterocycles. The first-order valence-corrected chi connectivity index (χ1v) is 9.18. The lowest BCUT2D eigenvalue weighted by Crippen LogP contribution is -2.42. The van der Waals surface area contributed by atoms with Crippen LogP contribution in [0.3, 0.4) is 0 Å². The van der Waals surface area contributed by atoms with Crippen LogP contribution in [0.5, 0.6) is 0 Å². The van der Waals surface area contributed by atoms with Crippen LogP contribution in [-0.4, -0.2) is 43.0 Å². The van der Waals surface area contributed by atoms with Crippen LogP contribution in [0.15, 0.2) is 48.5 Å². The molecular formula is C21H21FN2O3. The minimum absolute atomic E-state index is 0.0843. The molecule has 2 aliphatic heterocycles. The molecule has 2 aromatic carbocycles. The van der Waals surface area contributed by atoms with Crippen LogP contribution in [0.4, 0.5) is 10.1 Å². The number of ether oxygens (including phenoxy) is 1. The molecule has 2 fully saturated rings. The van der Waals surface area contributed by atoms with E-state index in [4.69, 9.17) is 4.74 Å². The van der Waals surface area contributed by atoms with E-state index in [1.165, 1.54) is 12.1 Å². The van der Waals surface area contributed by atoms with Crippen molar-refractivity contribution in [2.75, 3.05) is 31.1 Å². The first-order valence-electron chi connectivity index (χ1n) is 9.18. The number of carbonyl (C=O) groups is 2. The maximum atomic E-state index is 13.1. The van der Waals surface area contributed by atoms with Gasteiger partial charge in [0.2, 0.25) is 5.91 Å². The maximum Gasteiger partial charge on any atom is 0.254 e. The van der Waals surface area contributed by atoms with Crippen molar-refractivity contribution >= 4 is 17.5 Å². The number of hydrogen-bond donors (Lipinski definition) is 0. The maximum absolute atomic E-state index is 13.1. The first-order chi connectivity index (χ1) is 13.1. The molecule has 4 rings (SSSR count). The summed E-state index contributed by atoms with van der Waals surface area (Å²) in [5, 5.41) is 0. The van der Waals surface area contributed by atoms with E-state index in [0.717, 1.165) is 17.7 Å². The van der Waals surface area contributed by atoms with Gasteiger partial charge in [-0.1, -0.05) is 18.2 Å². The van der Waals surface area contributed by atoms with E-state index >= 15 is 0 Å². The van der Waals surface area contributed by atoms with Gasteiger partial charge in [-0.15, -0.1) is 0 Å². The number of halogens is 1. The number of hydrogen-bond acceptors (Lipinski definition) is 3. The summed E-state index contributed by atoms with van der Waals surface area (Å²) in [6.45, 7) is 2.04. The number of carbonyl (C=O) groups excluding carboxylic acids is 2. The molecule has 0 aliphatic carbocycles. The number of nitrogens with zero attached hydrogens (tertiary/aromatic N) is 2. The Balaban J connectivity index is 1.50. The highest BCUT2D eigenvalue weighted by Crippen LogP contribution is 2.26. The quantitative estimate of drug-likeness (QED) is 0.836. The van der Waals surface area contributed by atoms with E-state index in [1.54, 1.807) is 34.1 Å². The van der Waals surface area contributed by atoms with Crippen LogP contribution in [-0.2, 0) is 9.53 Å². The summed E-state index contributed by atoms with van der Waals surface area (Å²) >= 11 is 0. The summed E-state index contributed by atoms with van der Waals surface area (Å²) in [6, 6.07) is 13.4. The fourth-order valence-electron chi connectivity index (χ4n) is 3.62. The van der Waals surface area contributed by atoms with Crippen molar-refractivity contribution in [3.8, 4) is 0 Å². The van der Waals surface area contributed by atoms with Gasteiger partial charge in [0.05, 0.1) is 13.2 Å². The normalized spacial score (nSPS) is 20.2. The minimum atomic E-state index is -0.296. The van der Waals surface area contributed by atoms with Crippen LogP contribution in [0.2, 0.25) is 0 Å². The van der Waals surface area contributed by atoms with Gasteiger partial charge >= 0.3 is 0 Å². The molecule has 2 amide bonds. The van der Waals surface area contributed by atoms with Crippen molar-refractivity contribution in [3.63, 3.8) is 0 Å². The smallest absolute Gasteiger partial charge is 0.254 e. The largest absolute Gasteiger partial charge is 0.370 e. The fourth-order valence-corrected chi connectivity index (χ4v) is 3.62. The molecule has 1 unspecified atom stereocenters. The van der Waals surface area contributed by atoms with Crippen molar-refractivity contribution in [3.05, 3.63) is 65.5 Å². The zero-order valence-electron chi connectivity index (χ0n) is 14.9. The minimum Gasteiger partial charge on any atom is -0.370 e. The molecule has 27 heavy (non-hydrogen) atoms. The second-order valence-corrected chi connectivity index (χ2v) is 6.86. The average molecular weight is 368 g/mol. The number of morpholine rings is 1. The van der Waals surface area contributed by atoms with Crippen molar-refractivity contribution in [2.24, 2.45) is 0 Å². The van der Waals surface area contributed by atoms with Crippen LogP contribution in [0.1, 0.15) is 34.9 Å². The number of benzene rings is 2. The Bertz CT molecular complexity index is 853. The summed E-state index contributed by atoms with van der Waals surface area (Å²) in [4.78, 5) is 28.4. The molecule has 1 atom stereocenters. The Kier molecular flexibility index (Phi) is 4.90. The summed E-state index contributed by atoms with van der Waals surface area (Å²) in [6.07, 6.45) is 1.13. The number of rotatable bonds is 3. The van der Waals surface area contributed by atoms with Gasteiger partial charge in [0.25, 0.3) is 5.91 Å².